The Morgan fingerprint density at radius 2 is 2.50 bits per heavy atom. The Hall–Kier alpha value is -0.650. The number of morpholine rings is 1. The van der Waals surface area contributed by atoms with E-state index in [1.165, 1.54) is 0 Å². The molecule has 14 heavy (non-hydrogen) atoms. The smallest absolute Gasteiger partial charge is 0.233 e. The minimum atomic E-state index is 0.0382. The van der Waals surface area contributed by atoms with Crippen molar-refractivity contribution in [3.05, 3.63) is 0 Å². The summed E-state index contributed by atoms with van der Waals surface area (Å²) in [5.41, 5.74) is 0. The van der Waals surface area contributed by atoms with E-state index in [1.807, 2.05) is 11.9 Å². The predicted octanol–water partition coefficient (Wildman–Crippen LogP) is -1.35. The number of rotatable bonds is 4. The van der Waals surface area contributed by atoms with E-state index in [4.69, 9.17) is 4.74 Å². The van der Waals surface area contributed by atoms with Gasteiger partial charge in [0.25, 0.3) is 0 Å². The van der Waals surface area contributed by atoms with Crippen LogP contribution in [0.2, 0.25) is 0 Å². The SMILES string of the molecule is CNC(=O)CN(C)CC1CNCCO1. The first-order valence-corrected chi connectivity index (χ1v) is 4.94. The maximum absolute atomic E-state index is 11.1. The summed E-state index contributed by atoms with van der Waals surface area (Å²) in [7, 11) is 3.57. The molecular weight excluding hydrogens is 182 g/mol. The second-order valence-electron chi connectivity index (χ2n) is 3.57. The standard InChI is InChI=1S/C9H19N3O2/c1-10-9(13)7-12(2)6-8-5-11-3-4-14-8/h8,11H,3-7H2,1-2H3,(H,10,13). The van der Waals surface area contributed by atoms with Gasteiger partial charge in [-0.3, -0.25) is 9.69 Å². The topological polar surface area (TPSA) is 53.6 Å². The van der Waals surface area contributed by atoms with Gasteiger partial charge in [-0.05, 0) is 7.05 Å². The quantitative estimate of drug-likeness (QED) is 0.591. The normalized spacial score (nSPS) is 22.4. The van der Waals surface area contributed by atoms with Gasteiger partial charge >= 0.3 is 0 Å². The average Bonchev–Trinajstić information content (AvgIpc) is 2.19. The molecule has 5 heteroatoms. The van der Waals surface area contributed by atoms with Crippen molar-refractivity contribution in [1.82, 2.24) is 15.5 Å². The van der Waals surface area contributed by atoms with Crippen LogP contribution < -0.4 is 10.6 Å². The molecule has 1 aliphatic rings. The lowest BCUT2D eigenvalue weighted by Gasteiger charge is -2.27. The van der Waals surface area contributed by atoms with Crippen molar-refractivity contribution in [2.24, 2.45) is 0 Å². The molecule has 0 saturated carbocycles. The summed E-state index contributed by atoms with van der Waals surface area (Å²) in [4.78, 5) is 13.0. The maximum Gasteiger partial charge on any atom is 0.233 e. The van der Waals surface area contributed by atoms with Gasteiger partial charge in [-0.1, -0.05) is 0 Å². The molecule has 0 aromatic carbocycles. The number of likely N-dealkylation sites (N-methyl/N-ethyl adjacent to an activating group) is 2. The van der Waals surface area contributed by atoms with Crippen LogP contribution in [0.4, 0.5) is 0 Å². The minimum Gasteiger partial charge on any atom is -0.374 e. The van der Waals surface area contributed by atoms with E-state index in [-0.39, 0.29) is 12.0 Å². The zero-order chi connectivity index (χ0) is 10.4. The molecule has 5 nitrogen and oxygen atoms in total. The van der Waals surface area contributed by atoms with Crippen molar-refractivity contribution in [2.75, 3.05) is 46.9 Å². The molecule has 0 aromatic heterocycles. The van der Waals surface area contributed by atoms with E-state index in [9.17, 15) is 4.79 Å². The molecule has 0 spiro atoms. The summed E-state index contributed by atoms with van der Waals surface area (Å²) in [5, 5.41) is 5.85. The highest BCUT2D eigenvalue weighted by molar-refractivity contribution is 5.77. The summed E-state index contributed by atoms with van der Waals surface area (Å²) < 4.78 is 5.53. The van der Waals surface area contributed by atoms with E-state index in [2.05, 4.69) is 10.6 Å². The van der Waals surface area contributed by atoms with Gasteiger partial charge in [-0.2, -0.15) is 0 Å². The first kappa shape index (κ1) is 11.4. The Morgan fingerprint density at radius 3 is 3.07 bits per heavy atom. The molecule has 1 rings (SSSR count). The summed E-state index contributed by atoms with van der Waals surface area (Å²) in [5.74, 6) is 0.0382. The van der Waals surface area contributed by atoms with Crippen LogP contribution >= 0.6 is 0 Å². The van der Waals surface area contributed by atoms with Crippen molar-refractivity contribution in [2.45, 2.75) is 6.10 Å². The van der Waals surface area contributed by atoms with Crippen LogP contribution in [0.15, 0.2) is 0 Å². The van der Waals surface area contributed by atoms with Gasteiger partial charge < -0.3 is 15.4 Å². The highest BCUT2D eigenvalue weighted by atomic mass is 16.5. The second-order valence-corrected chi connectivity index (χ2v) is 3.57. The molecule has 1 unspecified atom stereocenters. The van der Waals surface area contributed by atoms with E-state index < -0.39 is 0 Å². The van der Waals surface area contributed by atoms with Crippen LogP contribution in [0.5, 0.6) is 0 Å². The van der Waals surface area contributed by atoms with Gasteiger partial charge in [-0.25, -0.2) is 0 Å². The van der Waals surface area contributed by atoms with Crippen LogP contribution in [0.3, 0.4) is 0 Å². The third kappa shape index (κ3) is 4.04. The van der Waals surface area contributed by atoms with Crippen LogP contribution in [0, 0.1) is 0 Å². The third-order valence-corrected chi connectivity index (χ3v) is 2.21. The lowest BCUT2D eigenvalue weighted by atomic mass is 10.3. The predicted molar refractivity (Wildman–Crippen MR) is 54.2 cm³/mol. The number of nitrogens with one attached hydrogen (secondary N) is 2. The molecule has 0 radical (unpaired) electrons. The number of carbonyl (C=O) groups is 1. The van der Waals surface area contributed by atoms with Crippen LogP contribution in [0.25, 0.3) is 0 Å². The summed E-state index contributed by atoms with van der Waals surface area (Å²) in [6.07, 6.45) is 0.207. The van der Waals surface area contributed by atoms with E-state index in [0.717, 1.165) is 26.2 Å². The first-order valence-electron chi connectivity index (χ1n) is 4.94. The fourth-order valence-electron chi connectivity index (χ4n) is 1.47. The summed E-state index contributed by atoms with van der Waals surface area (Å²) in [6.45, 7) is 3.78. The Labute approximate surface area is 84.8 Å². The van der Waals surface area contributed by atoms with Crippen LogP contribution in [-0.4, -0.2) is 63.8 Å². The van der Waals surface area contributed by atoms with Crippen molar-refractivity contribution in [1.29, 1.82) is 0 Å². The Kier molecular flexibility index (Phi) is 4.86. The molecule has 1 fully saturated rings. The molecule has 0 aliphatic carbocycles. The Balaban J connectivity index is 2.18. The fourth-order valence-corrected chi connectivity index (χ4v) is 1.47. The summed E-state index contributed by atoms with van der Waals surface area (Å²) in [6, 6.07) is 0. The Bertz CT molecular complexity index is 181. The molecule has 2 N–H and O–H groups in total. The zero-order valence-corrected chi connectivity index (χ0v) is 8.88. The molecule has 1 atom stereocenters. The third-order valence-electron chi connectivity index (χ3n) is 2.21. The number of nitrogens with zero attached hydrogens (tertiary/aromatic N) is 1. The monoisotopic (exact) mass is 201 g/mol. The number of carbonyl (C=O) groups excluding carboxylic acids is 1. The van der Waals surface area contributed by atoms with Gasteiger partial charge in [0.15, 0.2) is 0 Å². The molecule has 0 aromatic rings. The lowest BCUT2D eigenvalue weighted by Crippen LogP contribution is -2.46. The first-order chi connectivity index (χ1) is 6.72. The van der Waals surface area contributed by atoms with Crippen LogP contribution in [0.1, 0.15) is 0 Å². The lowest BCUT2D eigenvalue weighted by molar-refractivity contribution is -0.121. The van der Waals surface area contributed by atoms with Crippen molar-refractivity contribution >= 4 is 5.91 Å². The van der Waals surface area contributed by atoms with Crippen LogP contribution in [-0.2, 0) is 9.53 Å². The molecule has 1 saturated heterocycles. The minimum absolute atomic E-state index is 0.0382. The maximum atomic E-state index is 11.1. The number of hydrogen-bond acceptors (Lipinski definition) is 4. The fraction of sp³-hybridized carbons (Fsp3) is 0.889. The second kappa shape index (κ2) is 5.95. The van der Waals surface area contributed by atoms with E-state index in [0.29, 0.717) is 6.54 Å². The molecule has 1 aliphatic heterocycles. The van der Waals surface area contributed by atoms with Gasteiger partial charge in [0.2, 0.25) is 5.91 Å². The summed E-state index contributed by atoms with van der Waals surface area (Å²) >= 11 is 0. The molecule has 0 bridgehead atoms. The van der Waals surface area contributed by atoms with Crippen molar-refractivity contribution < 1.29 is 9.53 Å². The molecule has 1 heterocycles. The molecule has 1 amide bonds. The number of ether oxygens (including phenoxy) is 1. The number of amides is 1. The highest BCUT2D eigenvalue weighted by Crippen LogP contribution is 1.97. The zero-order valence-electron chi connectivity index (χ0n) is 8.88. The van der Waals surface area contributed by atoms with Gasteiger partial charge in [-0.15, -0.1) is 0 Å². The van der Waals surface area contributed by atoms with E-state index >= 15 is 0 Å². The van der Waals surface area contributed by atoms with Gasteiger partial charge in [0.1, 0.15) is 0 Å². The Morgan fingerprint density at radius 1 is 1.71 bits per heavy atom. The van der Waals surface area contributed by atoms with Crippen molar-refractivity contribution in [3.8, 4) is 0 Å². The average molecular weight is 201 g/mol. The van der Waals surface area contributed by atoms with Gasteiger partial charge in [0.05, 0.1) is 19.3 Å². The molecular formula is C9H19N3O2. The van der Waals surface area contributed by atoms with Crippen molar-refractivity contribution in [3.63, 3.8) is 0 Å². The van der Waals surface area contributed by atoms with E-state index in [1.54, 1.807) is 7.05 Å². The highest BCUT2D eigenvalue weighted by Gasteiger charge is 2.16. The largest absolute Gasteiger partial charge is 0.374 e. The van der Waals surface area contributed by atoms with Gasteiger partial charge in [0, 0.05) is 26.7 Å². The molecule has 82 valence electrons. The number of hydrogen-bond donors (Lipinski definition) is 2.